The number of carbonyl (C=O) groups excluding carboxylic acids is 1. The largest absolute Gasteiger partial charge is 0.493 e. The molecule has 0 saturated heterocycles. The third-order valence-corrected chi connectivity index (χ3v) is 3.47. The highest BCUT2D eigenvalue weighted by Crippen LogP contribution is 2.33. The molecule has 1 rings (SSSR count). The highest BCUT2D eigenvalue weighted by molar-refractivity contribution is 5.84. The van der Waals surface area contributed by atoms with E-state index in [-0.39, 0.29) is 0 Å². The molecule has 0 N–H and O–H groups in total. The van der Waals surface area contributed by atoms with Crippen LogP contribution in [-0.4, -0.2) is 26.1 Å². The first kappa shape index (κ1) is 19.3. The number of unbranched alkanes of at least 4 members (excludes halogenated alkanes) is 3. The Kier molecular flexibility index (Phi) is 9.92. The van der Waals surface area contributed by atoms with Crippen LogP contribution in [0.4, 0.5) is 0 Å². The van der Waals surface area contributed by atoms with E-state index < -0.39 is 0 Å². The van der Waals surface area contributed by atoms with Crippen molar-refractivity contribution in [3.8, 4) is 17.2 Å². The summed E-state index contributed by atoms with van der Waals surface area (Å²) in [5, 5.41) is 0. The third kappa shape index (κ3) is 6.93. The van der Waals surface area contributed by atoms with Crippen molar-refractivity contribution < 1.29 is 19.0 Å². The first-order valence-corrected chi connectivity index (χ1v) is 8.78. The summed E-state index contributed by atoms with van der Waals surface area (Å²) in [5.41, 5.74) is 0.472. The molecule has 1 aromatic rings. The first-order chi connectivity index (χ1) is 11.3. The summed E-state index contributed by atoms with van der Waals surface area (Å²) in [7, 11) is 0. The molecule has 0 spiro atoms. The summed E-state index contributed by atoms with van der Waals surface area (Å²) in [4.78, 5) is 11.5. The quantitative estimate of drug-likeness (QED) is 0.377. The van der Waals surface area contributed by atoms with Crippen LogP contribution in [0.5, 0.6) is 17.2 Å². The molecule has 4 heteroatoms. The van der Waals surface area contributed by atoms with Crippen LogP contribution in [0.3, 0.4) is 0 Å². The van der Waals surface area contributed by atoms with Gasteiger partial charge in [-0.25, -0.2) is 0 Å². The fourth-order valence-corrected chi connectivity index (χ4v) is 2.00. The van der Waals surface area contributed by atoms with Crippen molar-refractivity contribution in [3.63, 3.8) is 0 Å². The lowest BCUT2D eigenvalue weighted by Gasteiger charge is -2.16. The molecule has 0 aliphatic heterocycles. The average Bonchev–Trinajstić information content (AvgIpc) is 2.55. The van der Waals surface area contributed by atoms with E-state index in [0.29, 0.717) is 42.6 Å². The summed E-state index contributed by atoms with van der Waals surface area (Å²) < 4.78 is 17.3. The van der Waals surface area contributed by atoms with Gasteiger partial charge in [0.15, 0.2) is 6.29 Å². The average molecular weight is 322 g/mol. The molecule has 0 fully saturated rings. The molecular formula is C19H30O4. The van der Waals surface area contributed by atoms with Gasteiger partial charge in [0.05, 0.1) is 25.4 Å². The fourth-order valence-electron chi connectivity index (χ4n) is 2.00. The van der Waals surface area contributed by atoms with E-state index in [1.54, 1.807) is 12.1 Å². The lowest BCUT2D eigenvalue weighted by atomic mass is 10.1. The zero-order chi connectivity index (χ0) is 16.9. The van der Waals surface area contributed by atoms with Gasteiger partial charge in [-0.15, -0.1) is 0 Å². The highest BCUT2D eigenvalue weighted by Gasteiger charge is 2.14. The van der Waals surface area contributed by atoms with Crippen LogP contribution in [-0.2, 0) is 0 Å². The Morgan fingerprint density at radius 3 is 1.61 bits per heavy atom. The molecule has 0 amide bonds. The maximum absolute atomic E-state index is 11.5. The smallest absolute Gasteiger partial charge is 0.157 e. The number of benzene rings is 1. The SMILES string of the molecule is CCCCOc1cc(OCCCC)c(C=O)c(OCCCC)c1. The number of carbonyl (C=O) groups is 1. The van der Waals surface area contributed by atoms with Crippen molar-refractivity contribution in [2.24, 2.45) is 0 Å². The Morgan fingerprint density at radius 2 is 1.22 bits per heavy atom. The molecule has 0 aromatic heterocycles. The van der Waals surface area contributed by atoms with E-state index in [0.717, 1.165) is 44.8 Å². The van der Waals surface area contributed by atoms with Gasteiger partial charge in [-0.1, -0.05) is 40.0 Å². The molecule has 0 saturated carbocycles. The van der Waals surface area contributed by atoms with E-state index in [1.807, 2.05) is 0 Å². The Labute approximate surface area is 140 Å². The van der Waals surface area contributed by atoms with Gasteiger partial charge in [0.2, 0.25) is 0 Å². The van der Waals surface area contributed by atoms with Crippen LogP contribution < -0.4 is 14.2 Å². The predicted molar refractivity (Wildman–Crippen MR) is 93.0 cm³/mol. The van der Waals surface area contributed by atoms with Crippen LogP contribution in [0.15, 0.2) is 12.1 Å². The minimum absolute atomic E-state index is 0.472. The van der Waals surface area contributed by atoms with Crippen LogP contribution in [0.25, 0.3) is 0 Å². The third-order valence-electron chi connectivity index (χ3n) is 3.47. The van der Waals surface area contributed by atoms with Gasteiger partial charge in [-0.3, -0.25) is 4.79 Å². The Bertz CT molecular complexity index is 426. The molecule has 0 unspecified atom stereocenters. The van der Waals surface area contributed by atoms with Crippen LogP contribution in [0, 0.1) is 0 Å². The highest BCUT2D eigenvalue weighted by atomic mass is 16.5. The molecule has 23 heavy (non-hydrogen) atoms. The minimum atomic E-state index is 0.472. The fraction of sp³-hybridized carbons (Fsp3) is 0.632. The molecule has 4 nitrogen and oxygen atoms in total. The zero-order valence-electron chi connectivity index (χ0n) is 14.7. The van der Waals surface area contributed by atoms with E-state index in [1.165, 1.54) is 0 Å². The second-order valence-corrected chi connectivity index (χ2v) is 5.56. The van der Waals surface area contributed by atoms with Gasteiger partial charge in [0, 0.05) is 12.1 Å². The van der Waals surface area contributed by atoms with Gasteiger partial charge >= 0.3 is 0 Å². The number of ether oxygens (including phenoxy) is 3. The number of rotatable bonds is 13. The van der Waals surface area contributed by atoms with Gasteiger partial charge in [-0.05, 0) is 19.3 Å². The normalized spacial score (nSPS) is 10.4. The Balaban J connectivity index is 2.94. The summed E-state index contributed by atoms with van der Waals surface area (Å²) in [6, 6.07) is 3.59. The van der Waals surface area contributed by atoms with E-state index >= 15 is 0 Å². The zero-order valence-corrected chi connectivity index (χ0v) is 14.7. The minimum Gasteiger partial charge on any atom is -0.493 e. The lowest BCUT2D eigenvalue weighted by molar-refractivity contribution is 0.111. The molecule has 130 valence electrons. The predicted octanol–water partition coefficient (Wildman–Crippen LogP) is 5.04. The van der Waals surface area contributed by atoms with Crippen LogP contribution in [0.1, 0.15) is 69.7 Å². The number of hydrogen-bond donors (Lipinski definition) is 0. The Hall–Kier alpha value is -1.71. The summed E-state index contributed by atoms with van der Waals surface area (Å²) in [5.74, 6) is 1.80. The Morgan fingerprint density at radius 1 is 0.783 bits per heavy atom. The van der Waals surface area contributed by atoms with Gasteiger partial charge in [-0.2, -0.15) is 0 Å². The maximum Gasteiger partial charge on any atom is 0.157 e. The summed E-state index contributed by atoms with van der Waals surface area (Å²) in [6.45, 7) is 8.16. The van der Waals surface area contributed by atoms with Crippen LogP contribution in [0.2, 0.25) is 0 Å². The molecule has 1 aromatic carbocycles. The van der Waals surface area contributed by atoms with Crippen molar-refractivity contribution in [3.05, 3.63) is 17.7 Å². The van der Waals surface area contributed by atoms with Crippen molar-refractivity contribution in [2.45, 2.75) is 59.3 Å². The maximum atomic E-state index is 11.5. The molecule has 0 radical (unpaired) electrons. The van der Waals surface area contributed by atoms with Crippen molar-refractivity contribution in [1.29, 1.82) is 0 Å². The number of hydrogen-bond acceptors (Lipinski definition) is 4. The molecule has 0 heterocycles. The van der Waals surface area contributed by atoms with Gasteiger partial charge in [0.1, 0.15) is 17.2 Å². The monoisotopic (exact) mass is 322 g/mol. The van der Waals surface area contributed by atoms with E-state index in [4.69, 9.17) is 14.2 Å². The first-order valence-electron chi connectivity index (χ1n) is 8.78. The molecular weight excluding hydrogens is 292 g/mol. The molecule has 0 aliphatic carbocycles. The lowest BCUT2D eigenvalue weighted by Crippen LogP contribution is -2.05. The molecule has 0 bridgehead atoms. The van der Waals surface area contributed by atoms with Gasteiger partial charge < -0.3 is 14.2 Å². The molecule has 0 atom stereocenters. The van der Waals surface area contributed by atoms with Crippen LogP contribution >= 0.6 is 0 Å². The van der Waals surface area contributed by atoms with Crippen molar-refractivity contribution >= 4 is 6.29 Å². The van der Waals surface area contributed by atoms with Gasteiger partial charge in [0.25, 0.3) is 0 Å². The van der Waals surface area contributed by atoms with Crippen molar-refractivity contribution in [1.82, 2.24) is 0 Å². The van der Waals surface area contributed by atoms with Crippen molar-refractivity contribution in [2.75, 3.05) is 19.8 Å². The number of aldehydes is 1. The summed E-state index contributed by atoms with van der Waals surface area (Å²) >= 11 is 0. The van der Waals surface area contributed by atoms with E-state index in [9.17, 15) is 4.79 Å². The topological polar surface area (TPSA) is 44.8 Å². The standard InChI is InChI=1S/C19H30O4/c1-4-7-10-21-16-13-18(22-11-8-5-2)17(15-20)19(14-16)23-12-9-6-3/h13-15H,4-12H2,1-3H3. The second kappa shape index (κ2) is 11.8. The van der Waals surface area contributed by atoms with E-state index in [2.05, 4.69) is 20.8 Å². The molecule has 0 aliphatic rings. The summed E-state index contributed by atoms with van der Waals surface area (Å²) in [6.07, 6.45) is 6.86. The second-order valence-electron chi connectivity index (χ2n) is 5.56.